The highest BCUT2D eigenvalue weighted by atomic mass is 35.5. The summed E-state index contributed by atoms with van der Waals surface area (Å²) in [6.07, 6.45) is 1.67. The van der Waals surface area contributed by atoms with Crippen molar-refractivity contribution in [1.29, 1.82) is 0 Å². The predicted octanol–water partition coefficient (Wildman–Crippen LogP) is 5.76. The number of thiophene rings is 1. The number of rotatable bonds is 4. The van der Waals surface area contributed by atoms with Gasteiger partial charge in [-0.05, 0) is 48.5 Å². The van der Waals surface area contributed by atoms with Crippen LogP contribution in [0.5, 0.6) is 0 Å². The van der Waals surface area contributed by atoms with Gasteiger partial charge >= 0.3 is 0 Å². The summed E-state index contributed by atoms with van der Waals surface area (Å²) in [5, 5.41) is 1.75. The van der Waals surface area contributed by atoms with Crippen molar-refractivity contribution < 1.29 is 0 Å². The van der Waals surface area contributed by atoms with Crippen LogP contribution in [0.15, 0.2) is 59.5 Å². The Bertz CT molecular complexity index is 1130. The second-order valence-corrected chi connectivity index (χ2v) is 8.62. The minimum Gasteiger partial charge on any atom is -0.312 e. The summed E-state index contributed by atoms with van der Waals surface area (Å²) >= 11 is 15.0. The summed E-state index contributed by atoms with van der Waals surface area (Å²) in [5.41, 5.74) is 0.599. The molecular weight excluding hydrogens is 409 g/mol. The fourth-order valence-electron chi connectivity index (χ4n) is 2.49. The smallest absolute Gasteiger partial charge is 0.282 e. The van der Waals surface area contributed by atoms with E-state index in [-0.39, 0.29) is 5.56 Å². The highest BCUT2D eigenvalue weighted by Gasteiger charge is 2.16. The van der Waals surface area contributed by atoms with Gasteiger partial charge in [0.05, 0.1) is 16.3 Å². The van der Waals surface area contributed by atoms with E-state index in [9.17, 15) is 4.79 Å². The third-order valence-corrected chi connectivity index (χ3v) is 6.18. The number of pyridine rings is 1. The number of benzene rings is 1. The van der Waals surface area contributed by atoms with E-state index in [2.05, 4.69) is 9.97 Å². The first-order valence-electron chi connectivity index (χ1n) is 7.63. The quantitative estimate of drug-likeness (QED) is 0.421. The van der Waals surface area contributed by atoms with Crippen LogP contribution < -0.4 is 10.5 Å². The van der Waals surface area contributed by atoms with Crippen molar-refractivity contribution in [2.75, 3.05) is 4.90 Å². The third-order valence-electron chi connectivity index (χ3n) is 3.70. The molecule has 0 aliphatic heterocycles. The Balaban J connectivity index is 1.84. The number of nitrogens with zero attached hydrogens (tertiary/aromatic N) is 3. The first-order valence-corrected chi connectivity index (χ1v) is 10.0. The summed E-state index contributed by atoms with van der Waals surface area (Å²) in [6, 6.07) is 14.7. The molecule has 0 amide bonds. The Labute approximate surface area is 167 Å². The van der Waals surface area contributed by atoms with E-state index in [0.717, 1.165) is 14.9 Å². The molecular formula is C18H11Cl2N3OS2. The monoisotopic (exact) mass is 419 g/mol. The Kier molecular flexibility index (Phi) is 4.91. The summed E-state index contributed by atoms with van der Waals surface area (Å²) < 4.78 is 0.720. The average Bonchev–Trinajstić information content (AvgIpc) is 3.05. The first kappa shape index (κ1) is 17.4. The molecule has 3 aromatic heterocycles. The fraction of sp³-hybridized carbons (Fsp3) is 0.0556. The van der Waals surface area contributed by atoms with Gasteiger partial charge in [0.1, 0.15) is 4.83 Å². The van der Waals surface area contributed by atoms with Crippen LogP contribution >= 0.6 is 45.9 Å². The van der Waals surface area contributed by atoms with Gasteiger partial charge in [-0.1, -0.05) is 34.5 Å². The highest BCUT2D eigenvalue weighted by Crippen LogP contribution is 2.33. The van der Waals surface area contributed by atoms with Crippen LogP contribution in [0.1, 0.15) is 4.88 Å². The summed E-state index contributed by atoms with van der Waals surface area (Å²) in [5.74, 6) is 0. The molecule has 26 heavy (non-hydrogen) atoms. The lowest BCUT2D eigenvalue weighted by molar-refractivity contribution is 0.977. The van der Waals surface area contributed by atoms with Crippen molar-refractivity contribution in [2.45, 2.75) is 6.54 Å². The minimum atomic E-state index is -0.287. The first-order chi connectivity index (χ1) is 12.6. The highest BCUT2D eigenvalue weighted by molar-refractivity contribution is 7.21. The van der Waals surface area contributed by atoms with Gasteiger partial charge < -0.3 is 4.90 Å². The molecule has 1 aromatic carbocycles. The number of fused-ring (bicyclic) bond motifs is 1. The largest absolute Gasteiger partial charge is 0.312 e. The second kappa shape index (κ2) is 7.32. The predicted molar refractivity (Wildman–Crippen MR) is 110 cm³/mol. The molecule has 0 fully saturated rings. The minimum absolute atomic E-state index is 0.287. The van der Waals surface area contributed by atoms with Crippen LogP contribution in [0.4, 0.5) is 10.8 Å². The lowest BCUT2D eigenvalue weighted by Gasteiger charge is -2.22. The second-order valence-electron chi connectivity index (χ2n) is 5.43. The molecule has 0 radical (unpaired) electrons. The van der Waals surface area contributed by atoms with E-state index < -0.39 is 0 Å². The van der Waals surface area contributed by atoms with Gasteiger partial charge in [-0.25, -0.2) is 4.98 Å². The molecule has 8 heteroatoms. The average molecular weight is 420 g/mol. The summed E-state index contributed by atoms with van der Waals surface area (Å²) in [4.78, 5) is 24.7. The SMILES string of the molecule is O=c1nc(N(Cc2ccc(Cl)s2)c2ccc(Cl)cc2)sc2ncccc12. The number of hydrogen-bond donors (Lipinski definition) is 0. The Hall–Kier alpha value is -1.99. The van der Waals surface area contributed by atoms with E-state index in [1.807, 2.05) is 41.3 Å². The van der Waals surface area contributed by atoms with Crippen molar-refractivity contribution in [2.24, 2.45) is 0 Å². The van der Waals surface area contributed by atoms with Crippen LogP contribution in [0.3, 0.4) is 0 Å². The zero-order chi connectivity index (χ0) is 18.1. The molecule has 0 aliphatic carbocycles. The van der Waals surface area contributed by atoms with Gasteiger partial charge in [-0.3, -0.25) is 4.79 Å². The molecule has 3 heterocycles. The van der Waals surface area contributed by atoms with Crippen LogP contribution in [0.25, 0.3) is 10.2 Å². The van der Waals surface area contributed by atoms with E-state index in [4.69, 9.17) is 23.2 Å². The molecule has 4 nitrogen and oxygen atoms in total. The van der Waals surface area contributed by atoms with Gasteiger partial charge in [0.2, 0.25) is 0 Å². The summed E-state index contributed by atoms with van der Waals surface area (Å²) in [7, 11) is 0. The van der Waals surface area contributed by atoms with Crippen LogP contribution in [0, 0.1) is 0 Å². The van der Waals surface area contributed by atoms with Gasteiger partial charge in [-0.2, -0.15) is 4.98 Å². The number of anilines is 2. The molecule has 0 atom stereocenters. The zero-order valence-corrected chi connectivity index (χ0v) is 16.4. The number of aromatic nitrogens is 2. The van der Waals surface area contributed by atoms with Gasteiger partial charge in [-0.15, -0.1) is 11.3 Å². The molecule has 0 saturated heterocycles. The molecule has 0 bridgehead atoms. The molecule has 0 saturated carbocycles. The normalized spacial score (nSPS) is 11.0. The van der Waals surface area contributed by atoms with Gasteiger partial charge in [0, 0.05) is 21.8 Å². The number of hydrogen-bond acceptors (Lipinski definition) is 6. The zero-order valence-electron chi connectivity index (χ0n) is 13.2. The van der Waals surface area contributed by atoms with Crippen LogP contribution in [-0.4, -0.2) is 9.97 Å². The Morgan fingerprint density at radius 3 is 2.54 bits per heavy atom. The molecule has 130 valence electrons. The van der Waals surface area contributed by atoms with Crippen molar-refractivity contribution >= 4 is 66.9 Å². The Morgan fingerprint density at radius 1 is 1.00 bits per heavy atom. The van der Waals surface area contributed by atoms with Crippen molar-refractivity contribution in [3.63, 3.8) is 0 Å². The van der Waals surface area contributed by atoms with Crippen LogP contribution in [0.2, 0.25) is 9.36 Å². The van der Waals surface area contributed by atoms with Gasteiger partial charge in [0.15, 0.2) is 5.13 Å². The maximum Gasteiger partial charge on any atom is 0.282 e. The van der Waals surface area contributed by atoms with E-state index in [0.29, 0.717) is 26.9 Å². The fourth-order valence-corrected chi connectivity index (χ4v) is 4.65. The lowest BCUT2D eigenvalue weighted by Crippen LogP contribution is -2.19. The van der Waals surface area contributed by atoms with E-state index in [1.54, 1.807) is 18.3 Å². The maximum absolute atomic E-state index is 12.4. The van der Waals surface area contributed by atoms with Gasteiger partial charge in [0.25, 0.3) is 5.56 Å². The molecule has 0 spiro atoms. The van der Waals surface area contributed by atoms with Crippen molar-refractivity contribution in [3.05, 3.63) is 79.3 Å². The molecule has 0 N–H and O–H groups in total. The maximum atomic E-state index is 12.4. The third kappa shape index (κ3) is 3.59. The lowest BCUT2D eigenvalue weighted by atomic mass is 10.3. The molecule has 4 rings (SSSR count). The molecule has 0 unspecified atom stereocenters. The topological polar surface area (TPSA) is 46.1 Å². The Morgan fingerprint density at radius 2 is 1.81 bits per heavy atom. The number of halogens is 2. The van der Waals surface area contributed by atoms with Crippen molar-refractivity contribution in [3.8, 4) is 0 Å². The van der Waals surface area contributed by atoms with Crippen molar-refractivity contribution in [1.82, 2.24) is 9.97 Å². The molecule has 4 aromatic rings. The molecule has 0 aliphatic rings. The van der Waals surface area contributed by atoms with E-state index >= 15 is 0 Å². The van der Waals surface area contributed by atoms with E-state index in [1.165, 1.54) is 22.7 Å². The standard InChI is InChI=1S/C18H11Cl2N3OS2/c19-11-3-5-12(6-4-11)23(10-13-7-8-15(20)25-13)18-22-16(24)14-2-1-9-21-17(14)26-18/h1-9H,10H2. The summed E-state index contributed by atoms with van der Waals surface area (Å²) in [6.45, 7) is 0.542. The van der Waals surface area contributed by atoms with Crippen LogP contribution in [-0.2, 0) is 6.54 Å².